The number of oxazole rings is 1. The van der Waals surface area contributed by atoms with E-state index in [9.17, 15) is 0 Å². The predicted molar refractivity (Wildman–Crippen MR) is 79.5 cm³/mol. The van der Waals surface area contributed by atoms with Crippen molar-refractivity contribution in [3.05, 3.63) is 47.5 Å². The van der Waals surface area contributed by atoms with Gasteiger partial charge in [0.15, 0.2) is 11.2 Å². The molecule has 0 aliphatic carbocycles. The number of fused-ring (bicyclic) bond motifs is 1. The van der Waals surface area contributed by atoms with Crippen molar-refractivity contribution in [3.63, 3.8) is 0 Å². The molecule has 4 heteroatoms. The van der Waals surface area contributed by atoms with Gasteiger partial charge in [0.1, 0.15) is 0 Å². The van der Waals surface area contributed by atoms with Crippen molar-refractivity contribution in [2.75, 3.05) is 7.05 Å². The molecule has 1 aromatic carbocycles. The molecule has 0 radical (unpaired) electrons. The molecule has 0 spiro atoms. The van der Waals surface area contributed by atoms with Crippen LogP contribution < -0.4 is 5.32 Å². The zero-order chi connectivity index (χ0) is 14.1. The summed E-state index contributed by atoms with van der Waals surface area (Å²) in [6.45, 7) is 4.80. The first-order valence-corrected chi connectivity index (χ1v) is 6.64. The molecular weight excluding hydrogens is 250 g/mol. The number of rotatable bonds is 3. The monoisotopic (exact) mass is 267 g/mol. The SMILES string of the molecule is CNCc1nc2ncc(-c3cc(C)cc(C)c3)cc2o1. The third kappa shape index (κ3) is 2.42. The summed E-state index contributed by atoms with van der Waals surface area (Å²) in [5.41, 5.74) is 6.08. The standard InChI is InChI=1S/C16H17N3O/c1-10-4-11(2)6-12(5-10)13-7-14-16(18-8-13)19-15(20-14)9-17-3/h4-8,17H,9H2,1-3H3. The van der Waals surface area contributed by atoms with E-state index in [0.29, 0.717) is 18.1 Å². The van der Waals surface area contributed by atoms with Crippen LogP contribution in [-0.2, 0) is 6.54 Å². The zero-order valence-corrected chi connectivity index (χ0v) is 11.9. The molecule has 0 aliphatic heterocycles. The predicted octanol–water partition coefficient (Wildman–Crippen LogP) is 3.23. The van der Waals surface area contributed by atoms with Crippen molar-refractivity contribution in [3.8, 4) is 11.1 Å². The third-order valence-electron chi connectivity index (χ3n) is 3.17. The van der Waals surface area contributed by atoms with Crippen LogP contribution in [0.4, 0.5) is 0 Å². The Morgan fingerprint density at radius 1 is 1.05 bits per heavy atom. The largest absolute Gasteiger partial charge is 0.438 e. The second-order valence-electron chi connectivity index (χ2n) is 5.06. The zero-order valence-electron chi connectivity index (χ0n) is 11.9. The van der Waals surface area contributed by atoms with Gasteiger partial charge in [0.05, 0.1) is 6.54 Å². The maximum atomic E-state index is 5.69. The molecule has 0 saturated heterocycles. The molecular formula is C16H17N3O. The van der Waals surface area contributed by atoms with Gasteiger partial charge >= 0.3 is 0 Å². The maximum Gasteiger partial charge on any atom is 0.211 e. The van der Waals surface area contributed by atoms with E-state index in [4.69, 9.17) is 4.42 Å². The molecule has 0 saturated carbocycles. The Balaban J connectivity index is 2.07. The van der Waals surface area contributed by atoms with Crippen LogP contribution in [0.15, 0.2) is 34.9 Å². The molecule has 0 atom stereocenters. The summed E-state index contributed by atoms with van der Waals surface area (Å²) in [6, 6.07) is 8.47. The lowest BCUT2D eigenvalue weighted by atomic mass is 10.0. The Hall–Kier alpha value is -2.20. The lowest BCUT2D eigenvalue weighted by molar-refractivity contribution is 0.511. The molecule has 3 rings (SSSR count). The fraction of sp³-hybridized carbons (Fsp3) is 0.250. The topological polar surface area (TPSA) is 51.0 Å². The minimum Gasteiger partial charge on any atom is -0.438 e. The Morgan fingerprint density at radius 2 is 1.80 bits per heavy atom. The van der Waals surface area contributed by atoms with Gasteiger partial charge in [-0.2, -0.15) is 4.98 Å². The highest BCUT2D eigenvalue weighted by Gasteiger charge is 2.08. The van der Waals surface area contributed by atoms with Crippen LogP contribution in [-0.4, -0.2) is 17.0 Å². The summed E-state index contributed by atoms with van der Waals surface area (Å²) >= 11 is 0. The van der Waals surface area contributed by atoms with Crippen molar-refractivity contribution in [2.24, 2.45) is 0 Å². The molecule has 0 unspecified atom stereocenters. The molecule has 0 bridgehead atoms. The average molecular weight is 267 g/mol. The van der Waals surface area contributed by atoms with Gasteiger partial charge in [0, 0.05) is 11.8 Å². The molecule has 0 aliphatic rings. The van der Waals surface area contributed by atoms with Gasteiger partial charge in [0.2, 0.25) is 5.89 Å². The Kier molecular flexibility index (Phi) is 3.24. The minimum atomic E-state index is 0.606. The number of hydrogen-bond donors (Lipinski definition) is 1. The van der Waals surface area contributed by atoms with Crippen molar-refractivity contribution in [1.82, 2.24) is 15.3 Å². The molecule has 20 heavy (non-hydrogen) atoms. The summed E-state index contributed by atoms with van der Waals surface area (Å²) in [5.74, 6) is 0.660. The first-order chi connectivity index (χ1) is 9.65. The highest BCUT2D eigenvalue weighted by Crippen LogP contribution is 2.25. The number of nitrogens with zero attached hydrogens (tertiary/aromatic N) is 2. The van der Waals surface area contributed by atoms with Crippen molar-refractivity contribution >= 4 is 11.2 Å². The van der Waals surface area contributed by atoms with E-state index in [2.05, 4.69) is 47.3 Å². The highest BCUT2D eigenvalue weighted by molar-refractivity contribution is 5.76. The molecule has 0 fully saturated rings. The molecule has 2 heterocycles. The van der Waals surface area contributed by atoms with Crippen LogP contribution in [0.5, 0.6) is 0 Å². The van der Waals surface area contributed by atoms with E-state index in [1.807, 2.05) is 19.3 Å². The quantitative estimate of drug-likeness (QED) is 0.791. The van der Waals surface area contributed by atoms with Crippen LogP contribution in [0.2, 0.25) is 0 Å². The fourth-order valence-corrected chi connectivity index (χ4v) is 2.39. The number of pyridine rings is 1. The van der Waals surface area contributed by atoms with Crippen LogP contribution in [0.1, 0.15) is 17.0 Å². The molecule has 4 nitrogen and oxygen atoms in total. The van der Waals surface area contributed by atoms with Crippen LogP contribution in [0.25, 0.3) is 22.4 Å². The lowest BCUT2D eigenvalue weighted by Crippen LogP contribution is -2.04. The first-order valence-electron chi connectivity index (χ1n) is 6.64. The second-order valence-corrected chi connectivity index (χ2v) is 5.06. The molecule has 3 aromatic rings. The maximum absolute atomic E-state index is 5.69. The van der Waals surface area contributed by atoms with E-state index in [1.165, 1.54) is 11.1 Å². The van der Waals surface area contributed by atoms with E-state index in [1.54, 1.807) is 0 Å². The van der Waals surface area contributed by atoms with E-state index in [0.717, 1.165) is 16.7 Å². The number of hydrogen-bond acceptors (Lipinski definition) is 4. The second kappa shape index (κ2) is 5.06. The van der Waals surface area contributed by atoms with Gasteiger partial charge in [-0.25, -0.2) is 4.98 Å². The normalized spacial score (nSPS) is 11.2. The first kappa shape index (κ1) is 12.8. The van der Waals surface area contributed by atoms with E-state index < -0.39 is 0 Å². The van der Waals surface area contributed by atoms with Crippen molar-refractivity contribution in [2.45, 2.75) is 20.4 Å². The minimum absolute atomic E-state index is 0.606. The van der Waals surface area contributed by atoms with Crippen LogP contribution >= 0.6 is 0 Å². The highest BCUT2D eigenvalue weighted by atomic mass is 16.3. The Morgan fingerprint density at radius 3 is 2.50 bits per heavy atom. The number of aromatic nitrogens is 2. The molecule has 102 valence electrons. The summed E-state index contributed by atoms with van der Waals surface area (Å²) in [7, 11) is 1.86. The van der Waals surface area contributed by atoms with Crippen LogP contribution in [0, 0.1) is 13.8 Å². The van der Waals surface area contributed by atoms with Gasteiger partial charge in [-0.15, -0.1) is 0 Å². The van der Waals surface area contributed by atoms with Gasteiger partial charge in [-0.05, 0) is 32.5 Å². The molecule has 2 aromatic heterocycles. The van der Waals surface area contributed by atoms with Gasteiger partial charge < -0.3 is 9.73 Å². The fourth-order valence-electron chi connectivity index (χ4n) is 2.39. The number of benzene rings is 1. The third-order valence-corrected chi connectivity index (χ3v) is 3.17. The smallest absolute Gasteiger partial charge is 0.211 e. The van der Waals surface area contributed by atoms with E-state index in [-0.39, 0.29) is 0 Å². The van der Waals surface area contributed by atoms with E-state index >= 15 is 0 Å². The Labute approximate surface area is 117 Å². The summed E-state index contributed by atoms with van der Waals surface area (Å²) in [5, 5.41) is 3.02. The lowest BCUT2D eigenvalue weighted by Gasteiger charge is -2.04. The number of aryl methyl sites for hydroxylation is 2. The van der Waals surface area contributed by atoms with Gasteiger partial charge in [-0.3, -0.25) is 0 Å². The molecule has 1 N–H and O–H groups in total. The van der Waals surface area contributed by atoms with Crippen molar-refractivity contribution in [1.29, 1.82) is 0 Å². The summed E-state index contributed by atoms with van der Waals surface area (Å²) in [4.78, 5) is 8.72. The average Bonchev–Trinajstić information content (AvgIpc) is 2.79. The van der Waals surface area contributed by atoms with Gasteiger partial charge in [-0.1, -0.05) is 29.3 Å². The summed E-state index contributed by atoms with van der Waals surface area (Å²) < 4.78 is 5.69. The van der Waals surface area contributed by atoms with Crippen LogP contribution in [0.3, 0.4) is 0 Å². The molecule has 0 amide bonds. The van der Waals surface area contributed by atoms with Gasteiger partial charge in [0.25, 0.3) is 0 Å². The van der Waals surface area contributed by atoms with Crippen molar-refractivity contribution < 1.29 is 4.42 Å². The Bertz CT molecular complexity index is 741. The number of nitrogens with one attached hydrogen (secondary N) is 1. The summed E-state index contributed by atoms with van der Waals surface area (Å²) in [6.07, 6.45) is 1.85.